The Bertz CT molecular complexity index is 507. The van der Waals surface area contributed by atoms with Crippen LogP contribution in [0.1, 0.15) is 47.4 Å². The van der Waals surface area contributed by atoms with Gasteiger partial charge in [-0.25, -0.2) is 9.59 Å². The third-order valence-corrected chi connectivity index (χ3v) is 1.82. The summed E-state index contributed by atoms with van der Waals surface area (Å²) >= 11 is 0. The van der Waals surface area contributed by atoms with Crippen molar-refractivity contribution in [1.82, 2.24) is 0 Å². The second kappa shape index (κ2) is 4.60. The number of hydrogen-bond acceptors (Lipinski definition) is 4. The quantitative estimate of drug-likeness (QED) is 0.843. The Labute approximate surface area is 106 Å². The topological polar surface area (TPSA) is 76.7 Å². The number of carbonyl (C=O) groups is 2. The summed E-state index contributed by atoms with van der Waals surface area (Å²) in [4.78, 5) is 22.2. The highest BCUT2D eigenvalue weighted by Gasteiger charge is 2.41. The molecule has 1 heterocycles. The number of furan rings is 1. The maximum atomic E-state index is 12.5. The van der Waals surface area contributed by atoms with Crippen LogP contribution < -0.4 is 0 Å². The number of halogens is 3. The van der Waals surface area contributed by atoms with Gasteiger partial charge in [0.2, 0.25) is 11.5 Å². The maximum absolute atomic E-state index is 12.5. The largest absolute Gasteiger partial charge is 0.478 e. The summed E-state index contributed by atoms with van der Waals surface area (Å²) in [6, 6.07) is 0.499. The van der Waals surface area contributed by atoms with E-state index in [1.54, 1.807) is 0 Å². The molecule has 0 aliphatic rings. The number of hydrogen-bond donors (Lipinski definition) is 1. The number of rotatable bonds is 2. The van der Waals surface area contributed by atoms with Crippen LogP contribution in [-0.4, -0.2) is 22.6 Å². The molecule has 0 spiro atoms. The van der Waals surface area contributed by atoms with Crippen LogP contribution in [0.25, 0.3) is 0 Å². The number of carbonyl (C=O) groups excluding carboxylic acids is 1. The number of carboxylic acids is 1. The van der Waals surface area contributed by atoms with Crippen molar-refractivity contribution in [2.24, 2.45) is 0 Å². The van der Waals surface area contributed by atoms with Gasteiger partial charge in [-0.05, 0) is 20.8 Å². The average molecular weight is 280 g/mol. The number of ether oxygens (including phenoxy) is 1. The van der Waals surface area contributed by atoms with Crippen LogP contribution in [0.15, 0.2) is 10.5 Å². The highest BCUT2D eigenvalue weighted by molar-refractivity contribution is 5.94. The fraction of sp³-hybridized carbons (Fsp3) is 0.455. The van der Waals surface area contributed by atoms with E-state index in [1.807, 2.05) is 0 Å². The lowest BCUT2D eigenvalue weighted by atomic mass is 10.2. The Balaban J connectivity index is 3.19. The molecule has 19 heavy (non-hydrogen) atoms. The molecule has 0 unspecified atom stereocenters. The Morgan fingerprint density at radius 3 is 2.11 bits per heavy atom. The molecule has 0 amide bonds. The van der Waals surface area contributed by atoms with Gasteiger partial charge in [0.25, 0.3) is 0 Å². The molecule has 0 saturated carbocycles. The normalized spacial score (nSPS) is 12.3. The molecule has 1 aromatic rings. The van der Waals surface area contributed by atoms with Gasteiger partial charge in [-0.1, -0.05) is 0 Å². The molecule has 0 radical (unpaired) electrons. The molecule has 0 aliphatic heterocycles. The Morgan fingerprint density at radius 1 is 1.26 bits per heavy atom. The number of alkyl halides is 3. The van der Waals surface area contributed by atoms with Crippen molar-refractivity contribution in [2.75, 3.05) is 0 Å². The van der Waals surface area contributed by atoms with E-state index < -0.39 is 40.8 Å². The highest BCUT2D eigenvalue weighted by atomic mass is 19.4. The second-order valence-electron chi connectivity index (χ2n) is 4.66. The molecule has 0 atom stereocenters. The molecule has 8 heteroatoms. The molecule has 1 N–H and O–H groups in total. The van der Waals surface area contributed by atoms with Gasteiger partial charge in [0.1, 0.15) is 11.2 Å². The lowest BCUT2D eigenvalue weighted by Crippen LogP contribution is -2.23. The number of esters is 1. The van der Waals surface area contributed by atoms with Crippen LogP contribution in [0.3, 0.4) is 0 Å². The number of aromatic carboxylic acids is 1. The first-order chi connectivity index (χ1) is 8.42. The summed E-state index contributed by atoms with van der Waals surface area (Å²) in [5.74, 6) is -5.54. The van der Waals surface area contributed by atoms with Crippen molar-refractivity contribution < 1.29 is 37.0 Å². The standard InChI is InChI=1S/C11H11F3O5/c1-10(2,3)19-9(17)6-4-5(8(15)16)7(18-6)11(12,13)14/h4H,1-3H3,(H,15,16). The molecular weight excluding hydrogens is 269 g/mol. The monoisotopic (exact) mass is 280 g/mol. The van der Waals surface area contributed by atoms with E-state index >= 15 is 0 Å². The minimum atomic E-state index is -5.01. The summed E-state index contributed by atoms with van der Waals surface area (Å²) in [5, 5.41) is 8.64. The summed E-state index contributed by atoms with van der Waals surface area (Å²) in [6.45, 7) is 4.53. The molecular formula is C11H11F3O5. The zero-order valence-corrected chi connectivity index (χ0v) is 10.3. The third kappa shape index (κ3) is 3.73. The van der Waals surface area contributed by atoms with Crippen molar-refractivity contribution >= 4 is 11.9 Å². The van der Waals surface area contributed by atoms with Crippen LogP contribution in [0.4, 0.5) is 13.2 Å². The maximum Gasteiger partial charge on any atom is 0.450 e. The van der Waals surface area contributed by atoms with Crippen molar-refractivity contribution in [3.8, 4) is 0 Å². The van der Waals surface area contributed by atoms with Crippen LogP contribution in [0, 0.1) is 0 Å². The van der Waals surface area contributed by atoms with Crippen LogP contribution in [-0.2, 0) is 10.9 Å². The van der Waals surface area contributed by atoms with Gasteiger partial charge in [0, 0.05) is 6.07 Å². The molecule has 5 nitrogen and oxygen atoms in total. The molecule has 0 aromatic carbocycles. The molecule has 0 fully saturated rings. The van der Waals surface area contributed by atoms with Crippen LogP contribution >= 0.6 is 0 Å². The molecule has 0 aliphatic carbocycles. The molecule has 1 rings (SSSR count). The average Bonchev–Trinajstić information content (AvgIpc) is 2.57. The molecule has 0 saturated heterocycles. The number of carboxylic acid groups (broad SMARTS) is 1. The van der Waals surface area contributed by atoms with Gasteiger partial charge < -0.3 is 14.3 Å². The van der Waals surface area contributed by atoms with E-state index in [0.717, 1.165) is 0 Å². The first-order valence-electron chi connectivity index (χ1n) is 5.09. The van der Waals surface area contributed by atoms with E-state index in [0.29, 0.717) is 6.07 Å². The van der Waals surface area contributed by atoms with Gasteiger partial charge >= 0.3 is 18.1 Å². The Morgan fingerprint density at radius 2 is 1.79 bits per heavy atom. The molecule has 1 aromatic heterocycles. The van der Waals surface area contributed by atoms with Crippen molar-refractivity contribution in [2.45, 2.75) is 32.5 Å². The van der Waals surface area contributed by atoms with Gasteiger partial charge in [0.05, 0.1) is 0 Å². The summed E-state index contributed by atoms with van der Waals surface area (Å²) in [5.41, 5.74) is -2.07. The van der Waals surface area contributed by atoms with Crippen LogP contribution in [0.2, 0.25) is 0 Å². The third-order valence-electron chi connectivity index (χ3n) is 1.82. The van der Waals surface area contributed by atoms with Gasteiger partial charge in [-0.3, -0.25) is 0 Å². The highest BCUT2D eigenvalue weighted by Crippen LogP contribution is 2.34. The Hall–Kier alpha value is -1.99. The summed E-state index contributed by atoms with van der Waals surface area (Å²) in [7, 11) is 0. The second-order valence-corrected chi connectivity index (χ2v) is 4.66. The first-order valence-corrected chi connectivity index (χ1v) is 5.09. The van der Waals surface area contributed by atoms with Gasteiger partial charge in [0.15, 0.2) is 0 Å². The summed E-state index contributed by atoms with van der Waals surface area (Å²) < 4.78 is 46.6. The zero-order chi connectivity index (χ0) is 15.0. The van der Waals surface area contributed by atoms with E-state index in [-0.39, 0.29) is 0 Å². The van der Waals surface area contributed by atoms with E-state index in [2.05, 4.69) is 4.42 Å². The minimum absolute atomic E-state index is 0.499. The fourth-order valence-corrected chi connectivity index (χ4v) is 1.19. The van der Waals surface area contributed by atoms with Gasteiger partial charge in [-0.2, -0.15) is 13.2 Å². The zero-order valence-electron chi connectivity index (χ0n) is 10.3. The summed E-state index contributed by atoms with van der Waals surface area (Å²) in [6.07, 6.45) is -5.01. The molecule has 106 valence electrons. The van der Waals surface area contributed by atoms with Crippen molar-refractivity contribution in [1.29, 1.82) is 0 Å². The van der Waals surface area contributed by atoms with E-state index in [1.165, 1.54) is 20.8 Å². The van der Waals surface area contributed by atoms with E-state index in [4.69, 9.17) is 9.84 Å². The van der Waals surface area contributed by atoms with Crippen molar-refractivity contribution in [3.05, 3.63) is 23.2 Å². The van der Waals surface area contributed by atoms with Gasteiger partial charge in [-0.15, -0.1) is 0 Å². The lowest BCUT2D eigenvalue weighted by molar-refractivity contribution is -0.153. The lowest BCUT2D eigenvalue weighted by Gasteiger charge is -2.18. The minimum Gasteiger partial charge on any atom is -0.478 e. The smallest absolute Gasteiger partial charge is 0.450 e. The predicted molar refractivity (Wildman–Crippen MR) is 55.8 cm³/mol. The SMILES string of the molecule is CC(C)(C)OC(=O)c1cc(C(=O)O)c(C(F)(F)F)o1. The Kier molecular flexibility index (Phi) is 3.65. The van der Waals surface area contributed by atoms with E-state index in [9.17, 15) is 22.8 Å². The molecule has 0 bridgehead atoms. The fourth-order valence-electron chi connectivity index (χ4n) is 1.19. The van der Waals surface area contributed by atoms with Crippen LogP contribution in [0.5, 0.6) is 0 Å². The van der Waals surface area contributed by atoms with Crippen molar-refractivity contribution in [3.63, 3.8) is 0 Å². The predicted octanol–water partition coefficient (Wildman–Crippen LogP) is 2.95. The first kappa shape index (κ1) is 15.1.